The predicted octanol–water partition coefficient (Wildman–Crippen LogP) is 4.03. The van der Waals surface area contributed by atoms with E-state index in [2.05, 4.69) is 24.3 Å². The van der Waals surface area contributed by atoms with Gasteiger partial charge in [0.1, 0.15) is 5.71 Å². The minimum atomic E-state index is 0.733. The van der Waals surface area contributed by atoms with Crippen LogP contribution in [-0.2, 0) is 6.42 Å². The molecule has 0 saturated heterocycles. The lowest BCUT2D eigenvalue weighted by Crippen LogP contribution is -2.18. The average molecular weight is 322 g/mol. The third kappa shape index (κ3) is 2.28. The van der Waals surface area contributed by atoms with Crippen LogP contribution >= 0.6 is 11.6 Å². The van der Waals surface area contributed by atoms with Gasteiger partial charge in [-0.15, -0.1) is 0 Å². The van der Waals surface area contributed by atoms with Crippen LogP contribution in [0.5, 0.6) is 0 Å². The van der Waals surface area contributed by atoms with Gasteiger partial charge in [0.05, 0.1) is 5.70 Å². The average Bonchev–Trinajstić information content (AvgIpc) is 3.00. The van der Waals surface area contributed by atoms with Gasteiger partial charge in [-0.1, -0.05) is 54.1 Å². The molecule has 1 aliphatic carbocycles. The quantitative estimate of drug-likeness (QED) is 0.779. The lowest BCUT2D eigenvalue weighted by Gasteiger charge is -2.21. The van der Waals surface area contributed by atoms with Gasteiger partial charge in [-0.3, -0.25) is 0 Å². The second-order valence-corrected chi connectivity index (χ2v) is 6.31. The zero-order valence-corrected chi connectivity index (χ0v) is 13.8. The molecule has 0 bridgehead atoms. The smallest absolute Gasteiger partial charge is 0.226 e. The Labute approximate surface area is 140 Å². The number of guanidine groups is 1. The van der Waals surface area contributed by atoms with Crippen LogP contribution in [0.2, 0.25) is 5.02 Å². The second-order valence-electron chi connectivity index (χ2n) is 5.91. The minimum Gasteiger partial charge on any atom is -0.347 e. The third-order valence-corrected chi connectivity index (χ3v) is 4.50. The van der Waals surface area contributed by atoms with Gasteiger partial charge in [-0.05, 0) is 22.8 Å². The fraction of sp³-hybridized carbons (Fsp3) is 0.158. The topological polar surface area (TPSA) is 28.0 Å². The van der Waals surface area contributed by atoms with Gasteiger partial charge in [-0.2, -0.15) is 0 Å². The Morgan fingerprint density at radius 1 is 0.913 bits per heavy atom. The Bertz CT molecular complexity index is 891. The molecule has 0 fully saturated rings. The van der Waals surface area contributed by atoms with Crippen LogP contribution < -0.4 is 0 Å². The summed E-state index contributed by atoms with van der Waals surface area (Å²) in [5.74, 6) is 0.733. The number of hydrogen-bond acceptors (Lipinski definition) is 3. The Hall–Kier alpha value is -2.39. The van der Waals surface area contributed by atoms with Gasteiger partial charge >= 0.3 is 0 Å². The van der Waals surface area contributed by atoms with E-state index >= 15 is 0 Å². The number of hydrogen-bond donors (Lipinski definition) is 0. The zero-order valence-electron chi connectivity index (χ0n) is 13.0. The van der Waals surface area contributed by atoms with Gasteiger partial charge < -0.3 is 4.90 Å². The third-order valence-electron chi connectivity index (χ3n) is 4.17. The Morgan fingerprint density at radius 2 is 1.61 bits per heavy atom. The van der Waals surface area contributed by atoms with Crippen LogP contribution in [0.1, 0.15) is 16.7 Å². The summed E-state index contributed by atoms with van der Waals surface area (Å²) in [6.45, 7) is 0. The molecule has 114 valence electrons. The van der Waals surface area contributed by atoms with Crippen molar-refractivity contribution >= 4 is 28.8 Å². The van der Waals surface area contributed by atoms with E-state index in [0.29, 0.717) is 0 Å². The lowest BCUT2D eigenvalue weighted by molar-refractivity contribution is 0.616. The molecule has 1 heterocycles. The zero-order chi connectivity index (χ0) is 16.0. The highest BCUT2D eigenvalue weighted by Gasteiger charge is 2.30. The summed E-state index contributed by atoms with van der Waals surface area (Å²) in [5, 5.41) is 0.752. The molecule has 0 amide bonds. The maximum atomic E-state index is 6.44. The van der Waals surface area contributed by atoms with Crippen molar-refractivity contribution in [2.75, 3.05) is 14.1 Å². The summed E-state index contributed by atoms with van der Waals surface area (Å²) in [6, 6.07) is 16.3. The monoisotopic (exact) mass is 321 g/mol. The highest BCUT2D eigenvalue weighted by Crippen LogP contribution is 2.38. The molecule has 0 radical (unpaired) electrons. The summed E-state index contributed by atoms with van der Waals surface area (Å²) in [7, 11) is 3.92. The van der Waals surface area contributed by atoms with Crippen LogP contribution in [0.4, 0.5) is 0 Å². The van der Waals surface area contributed by atoms with E-state index in [0.717, 1.165) is 39.9 Å². The standard InChI is InChI=1S/C19H16ClN3/c1-23(2)19-21-17-13-8-4-3-7-12(13)11-15(18(17)22-19)14-9-5-6-10-16(14)20/h3-10H,11H2,1-2H3. The van der Waals surface area contributed by atoms with E-state index in [1.54, 1.807) is 0 Å². The number of aliphatic imine (C=N–C) groups is 2. The molecule has 2 aromatic carbocycles. The van der Waals surface area contributed by atoms with Gasteiger partial charge in [0.25, 0.3) is 0 Å². The summed E-state index contributed by atoms with van der Waals surface area (Å²) >= 11 is 6.44. The number of allylic oxidation sites excluding steroid dienone is 2. The first-order chi connectivity index (χ1) is 11.1. The number of rotatable bonds is 1. The van der Waals surface area contributed by atoms with Crippen LogP contribution in [-0.4, -0.2) is 30.7 Å². The molecule has 0 atom stereocenters. The first kappa shape index (κ1) is 14.2. The van der Waals surface area contributed by atoms with Crippen molar-refractivity contribution in [3.63, 3.8) is 0 Å². The van der Waals surface area contributed by atoms with Crippen molar-refractivity contribution in [2.45, 2.75) is 6.42 Å². The van der Waals surface area contributed by atoms with Gasteiger partial charge in [0.2, 0.25) is 5.96 Å². The molecule has 4 rings (SSSR count). The molecule has 0 spiro atoms. The number of nitrogens with zero attached hydrogens (tertiary/aromatic N) is 3. The van der Waals surface area contributed by atoms with E-state index in [1.165, 1.54) is 11.1 Å². The molecule has 4 heteroatoms. The maximum Gasteiger partial charge on any atom is 0.226 e. The largest absolute Gasteiger partial charge is 0.347 e. The van der Waals surface area contributed by atoms with Crippen molar-refractivity contribution in [2.24, 2.45) is 9.98 Å². The van der Waals surface area contributed by atoms with Gasteiger partial charge in [-0.25, -0.2) is 9.98 Å². The predicted molar refractivity (Wildman–Crippen MR) is 96.2 cm³/mol. The number of fused-ring (bicyclic) bond motifs is 3. The van der Waals surface area contributed by atoms with Crippen molar-refractivity contribution in [1.82, 2.24) is 4.90 Å². The van der Waals surface area contributed by atoms with Crippen LogP contribution in [0.25, 0.3) is 5.57 Å². The number of benzene rings is 2. The molecular weight excluding hydrogens is 306 g/mol. The molecule has 2 aromatic rings. The maximum absolute atomic E-state index is 6.44. The van der Waals surface area contributed by atoms with Crippen molar-refractivity contribution in [3.8, 4) is 0 Å². The van der Waals surface area contributed by atoms with E-state index in [4.69, 9.17) is 21.6 Å². The molecule has 0 saturated carbocycles. The van der Waals surface area contributed by atoms with Crippen molar-refractivity contribution in [3.05, 3.63) is 75.9 Å². The van der Waals surface area contributed by atoms with Crippen LogP contribution in [0.15, 0.2) is 64.2 Å². The van der Waals surface area contributed by atoms with Crippen LogP contribution in [0, 0.1) is 0 Å². The summed E-state index contributed by atoms with van der Waals surface area (Å²) in [6.07, 6.45) is 0.818. The Balaban J connectivity index is 1.97. The normalized spacial score (nSPS) is 15.8. The van der Waals surface area contributed by atoms with Crippen molar-refractivity contribution in [1.29, 1.82) is 0 Å². The summed E-state index contributed by atoms with van der Waals surface area (Å²) < 4.78 is 0. The van der Waals surface area contributed by atoms with Crippen molar-refractivity contribution < 1.29 is 0 Å². The molecule has 3 nitrogen and oxygen atoms in total. The van der Waals surface area contributed by atoms with Crippen LogP contribution in [0.3, 0.4) is 0 Å². The molecule has 2 aliphatic rings. The molecule has 23 heavy (non-hydrogen) atoms. The summed E-state index contributed by atoms with van der Waals surface area (Å²) in [5.41, 5.74) is 6.50. The van der Waals surface area contributed by atoms with Gasteiger partial charge in [0, 0.05) is 31.1 Å². The Morgan fingerprint density at radius 3 is 2.35 bits per heavy atom. The SMILES string of the molecule is CN(C)C1=NC2=C(c3ccccc3Cl)Cc3ccccc3C2=N1. The minimum absolute atomic E-state index is 0.733. The Kier molecular flexibility index (Phi) is 3.31. The fourth-order valence-corrected chi connectivity index (χ4v) is 3.29. The first-order valence-corrected chi connectivity index (χ1v) is 7.94. The van der Waals surface area contributed by atoms with E-state index < -0.39 is 0 Å². The first-order valence-electron chi connectivity index (χ1n) is 7.56. The number of halogens is 1. The molecule has 1 aliphatic heterocycles. The molecular formula is C19H16ClN3. The van der Waals surface area contributed by atoms with Gasteiger partial charge in [0.15, 0.2) is 0 Å². The van der Waals surface area contributed by atoms with E-state index in [9.17, 15) is 0 Å². The van der Waals surface area contributed by atoms with E-state index in [1.807, 2.05) is 43.3 Å². The highest BCUT2D eigenvalue weighted by molar-refractivity contribution is 6.33. The highest BCUT2D eigenvalue weighted by atomic mass is 35.5. The second kappa shape index (κ2) is 5.36. The summed E-state index contributed by atoms with van der Waals surface area (Å²) in [4.78, 5) is 11.5. The molecule has 0 N–H and O–H groups in total. The van der Waals surface area contributed by atoms with E-state index in [-0.39, 0.29) is 0 Å². The molecule has 0 unspecified atom stereocenters. The lowest BCUT2D eigenvalue weighted by atomic mass is 9.85. The molecule has 0 aromatic heterocycles. The fourth-order valence-electron chi connectivity index (χ4n) is 3.04.